The Morgan fingerprint density at radius 2 is 1.05 bits per heavy atom. The van der Waals surface area contributed by atoms with Crippen LogP contribution in [0.1, 0.15) is 9.60 Å². The molecule has 0 amide bonds. The van der Waals surface area contributed by atoms with E-state index >= 15 is 0 Å². The minimum atomic E-state index is -0.435. The summed E-state index contributed by atoms with van der Waals surface area (Å²) in [6, 6.07) is 52.4. The van der Waals surface area contributed by atoms with Crippen LogP contribution in [-0.2, 0) is 0 Å². The second-order valence-electron chi connectivity index (χ2n) is 14.4. The zero-order valence-corrected chi connectivity index (χ0v) is 30.4. The maximum atomic E-state index is 9.94. The number of benzene rings is 9. The lowest BCUT2D eigenvalue weighted by atomic mass is 9.99. The number of fused-ring (bicyclic) bond motifs is 9. The van der Waals surface area contributed by atoms with Crippen molar-refractivity contribution >= 4 is 65.6 Å². The highest BCUT2D eigenvalue weighted by Crippen LogP contribution is 2.42. The van der Waals surface area contributed by atoms with E-state index in [0.717, 1.165) is 60.5 Å². The molecule has 0 aliphatic rings. The number of aromatic nitrogens is 2. The molecular formula is C54H34N2O. The fourth-order valence-electron chi connectivity index (χ4n) is 8.55. The Hall–Kier alpha value is -7.62. The number of hydrogen-bond acceptors (Lipinski definition) is 1. The van der Waals surface area contributed by atoms with Gasteiger partial charge in [-0.25, -0.2) is 0 Å². The molecule has 0 spiro atoms. The van der Waals surface area contributed by atoms with Crippen LogP contribution in [-0.4, -0.2) is 9.13 Å². The molecule has 3 nitrogen and oxygen atoms in total. The van der Waals surface area contributed by atoms with E-state index in [4.69, 9.17) is 7.16 Å². The summed E-state index contributed by atoms with van der Waals surface area (Å²) in [5.41, 5.74) is 10.1. The Labute approximate surface area is 338 Å². The van der Waals surface area contributed by atoms with E-state index in [1.165, 1.54) is 0 Å². The van der Waals surface area contributed by atoms with Gasteiger partial charge in [-0.3, -0.25) is 0 Å². The molecule has 12 rings (SSSR count). The summed E-state index contributed by atoms with van der Waals surface area (Å²) in [5, 5.41) is 3.84. The van der Waals surface area contributed by atoms with Gasteiger partial charge in [-0.05, 0) is 94.5 Å². The van der Waals surface area contributed by atoms with Gasteiger partial charge in [0, 0.05) is 49.3 Å². The fraction of sp³-hybridized carbons (Fsp3) is 0. The van der Waals surface area contributed by atoms with E-state index in [0.29, 0.717) is 22.4 Å². The quantitative estimate of drug-likeness (QED) is 0.173. The number of nitrogens with zero attached hydrogens (tertiary/aromatic N) is 2. The third kappa shape index (κ3) is 4.92. The molecule has 0 unspecified atom stereocenters. The molecule has 0 radical (unpaired) electrons. The maximum Gasteiger partial charge on any atom is 0.135 e. The fourth-order valence-corrected chi connectivity index (χ4v) is 8.55. The highest BCUT2D eigenvalue weighted by Gasteiger charge is 2.19. The molecule has 0 bridgehead atoms. The van der Waals surface area contributed by atoms with Gasteiger partial charge in [0.2, 0.25) is 0 Å². The molecule has 266 valence electrons. The molecule has 0 fully saturated rings. The lowest BCUT2D eigenvalue weighted by Gasteiger charge is -2.13. The van der Waals surface area contributed by atoms with Crippen LogP contribution in [0.25, 0.3) is 110 Å². The molecule has 3 aromatic heterocycles. The molecule has 0 saturated carbocycles. The number of furan rings is 1. The van der Waals surface area contributed by atoms with Gasteiger partial charge < -0.3 is 13.6 Å². The van der Waals surface area contributed by atoms with Crippen molar-refractivity contribution in [3.05, 3.63) is 206 Å². The van der Waals surface area contributed by atoms with Crippen LogP contribution in [0.5, 0.6) is 0 Å². The molecule has 0 aliphatic carbocycles. The van der Waals surface area contributed by atoms with Gasteiger partial charge in [0.25, 0.3) is 0 Å². The third-order valence-corrected chi connectivity index (χ3v) is 11.2. The van der Waals surface area contributed by atoms with Gasteiger partial charge in [-0.1, -0.05) is 139 Å². The van der Waals surface area contributed by atoms with Crippen LogP contribution in [0, 0.1) is 0 Å². The van der Waals surface area contributed by atoms with Crippen molar-refractivity contribution in [2.45, 2.75) is 0 Å². The molecule has 9 aromatic carbocycles. The van der Waals surface area contributed by atoms with Crippen molar-refractivity contribution in [3.63, 3.8) is 0 Å². The van der Waals surface area contributed by atoms with Crippen LogP contribution >= 0.6 is 0 Å². The predicted molar refractivity (Wildman–Crippen MR) is 239 cm³/mol. The first-order chi connectivity index (χ1) is 31.2. The smallest absolute Gasteiger partial charge is 0.135 e. The SMILES string of the molecule is [2H]c1c([2H])c([2H])c2c(c1[2H])c1c([2H])c(-c3ccc4c(c3)c3cccc(-c5ccccc5)c3n4-c3ccc(-c4ccccc4)cc3)c([2H])c([2H])c1n2-c1ccc2oc3ccccc3c2c1. The molecule has 0 N–H and O–H groups in total. The average Bonchev–Trinajstić information content (AvgIpc) is 4.01. The van der Waals surface area contributed by atoms with Gasteiger partial charge in [-0.2, -0.15) is 0 Å². The zero-order chi connectivity index (χ0) is 43.5. The Morgan fingerprint density at radius 1 is 0.368 bits per heavy atom. The number of rotatable bonds is 5. The van der Waals surface area contributed by atoms with Gasteiger partial charge >= 0.3 is 0 Å². The van der Waals surface area contributed by atoms with E-state index in [-0.39, 0.29) is 57.6 Å². The first-order valence-corrected chi connectivity index (χ1v) is 18.9. The van der Waals surface area contributed by atoms with Crippen LogP contribution in [0.2, 0.25) is 0 Å². The normalized spacial score (nSPS) is 13.6. The van der Waals surface area contributed by atoms with Crippen LogP contribution in [0.3, 0.4) is 0 Å². The largest absolute Gasteiger partial charge is 0.456 e. The molecule has 57 heavy (non-hydrogen) atoms. The Kier molecular flexibility index (Phi) is 5.56. The summed E-state index contributed by atoms with van der Waals surface area (Å²) in [5.74, 6) is 0. The molecule has 0 aliphatic heterocycles. The second-order valence-corrected chi connectivity index (χ2v) is 14.4. The first kappa shape index (κ1) is 25.5. The van der Waals surface area contributed by atoms with Crippen molar-refractivity contribution in [1.82, 2.24) is 9.13 Å². The maximum absolute atomic E-state index is 9.94. The van der Waals surface area contributed by atoms with Crippen molar-refractivity contribution in [3.8, 4) is 44.8 Å². The van der Waals surface area contributed by atoms with Gasteiger partial charge in [0.15, 0.2) is 0 Å². The zero-order valence-electron chi connectivity index (χ0n) is 37.4. The number of para-hydroxylation sites is 3. The second kappa shape index (κ2) is 12.5. The van der Waals surface area contributed by atoms with Crippen molar-refractivity contribution < 1.29 is 14.0 Å². The van der Waals surface area contributed by atoms with Gasteiger partial charge in [0.1, 0.15) is 11.2 Å². The van der Waals surface area contributed by atoms with E-state index < -0.39 is 12.1 Å². The lowest BCUT2D eigenvalue weighted by molar-refractivity contribution is 0.669. The minimum Gasteiger partial charge on any atom is -0.456 e. The Bertz CT molecular complexity index is 3910. The molecule has 12 aromatic rings. The van der Waals surface area contributed by atoms with E-state index in [9.17, 15) is 6.85 Å². The van der Waals surface area contributed by atoms with E-state index in [2.05, 4.69) is 65.2 Å². The Balaban J connectivity index is 1.13. The summed E-state index contributed by atoms with van der Waals surface area (Å²) in [7, 11) is 0. The third-order valence-electron chi connectivity index (χ3n) is 11.2. The molecule has 0 atom stereocenters. The average molecular weight is 734 g/mol. The summed E-state index contributed by atoms with van der Waals surface area (Å²) in [6.45, 7) is 0. The lowest BCUT2D eigenvalue weighted by Crippen LogP contribution is -1.95. The van der Waals surface area contributed by atoms with Gasteiger partial charge in [0.05, 0.1) is 31.7 Å². The highest BCUT2D eigenvalue weighted by atomic mass is 16.3. The summed E-state index contributed by atoms with van der Waals surface area (Å²) < 4.78 is 75.1. The van der Waals surface area contributed by atoms with Gasteiger partial charge in [-0.15, -0.1) is 0 Å². The molecule has 3 heterocycles. The minimum absolute atomic E-state index is 0.0933. The highest BCUT2D eigenvalue weighted by molar-refractivity contribution is 6.16. The standard InChI is InChI=1S/C54H34N2O/c1-3-12-35(13-4-1)36-22-26-40(27-23-36)56-51-30-25-39(33-47(51)45-19-11-18-42(54(45)56)37-14-5-2-6-15-37)38-24-29-50-46(32-38)43-16-7-9-20-49(43)55(50)41-28-31-53-48(34-41)44-17-8-10-21-52(44)57-53/h1-34H/i7D,9D,16D,20D,24D,29D,32D. The molecule has 3 heteroatoms. The van der Waals surface area contributed by atoms with Crippen LogP contribution < -0.4 is 0 Å². The molecular weight excluding hydrogens is 693 g/mol. The van der Waals surface area contributed by atoms with Crippen molar-refractivity contribution in [2.75, 3.05) is 0 Å². The topological polar surface area (TPSA) is 23.0 Å². The van der Waals surface area contributed by atoms with E-state index in [1.807, 2.05) is 97.1 Å². The summed E-state index contributed by atoms with van der Waals surface area (Å²) in [4.78, 5) is 0. The Morgan fingerprint density at radius 3 is 1.91 bits per heavy atom. The summed E-state index contributed by atoms with van der Waals surface area (Å²) >= 11 is 0. The first-order valence-electron chi connectivity index (χ1n) is 22.4. The number of hydrogen-bond donors (Lipinski definition) is 0. The van der Waals surface area contributed by atoms with E-state index in [1.54, 1.807) is 10.6 Å². The van der Waals surface area contributed by atoms with Crippen LogP contribution in [0.15, 0.2) is 211 Å². The molecule has 0 saturated heterocycles. The van der Waals surface area contributed by atoms with Crippen LogP contribution in [0.4, 0.5) is 0 Å². The summed E-state index contributed by atoms with van der Waals surface area (Å²) in [6.07, 6.45) is 0. The predicted octanol–water partition coefficient (Wildman–Crippen LogP) is 14.8. The van der Waals surface area contributed by atoms with Crippen molar-refractivity contribution in [2.24, 2.45) is 0 Å². The van der Waals surface area contributed by atoms with Crippen molar-refractivity contribution in [1.29, 1.82) is 0 Å². The monoisotopic (exact) mass is 733 g/mol.